The first-order valence-electron chi connectivity index (χ1n) is 14.3. The molecule has 2 amide bonds. The molecule has 10 heteroatoms. The van der Waals surface area contributed by atoms with Gasteiger partial charge in [0.25, 0.3) is 10.0 Å². The van der Waals surface area contributed by atoms with Crippen molar-refractivity contribution in [2.75, 3.05) is 25.1 Å². The van der Waals surface area contributed by atoms with Crippen molar-refractivity contribution in [3.63, 3.8) is 0 Å². The Morgan fingerprint density at radius 2 is 1.51 bits per heavy atom. The molecule has 0 aliphatic carbocycles. The highest BCUT2D eigenvalue weighted by molar-refractivity contribution is 7.92. The maximum absolute atomic E-state index is 14.3. The third-order valence-corrected chi connectivity index (χ3v) is 9.09. The topological polar surface area (TPSA) is 105 Å². The fourth-order valence-corrected chi connectivity index (χ4v) is 6.20. The Bertz CT molecular complexity index is 1540. The molecule has 0 radical (unpaired) electrons. The molecule has 1 N–H and O–H groups in total. The van der Waals surface area contributed by atoms with Gasteiger partial charge in [-0.1, -0.05) is 42.8 Å². The zero-order valence-corrected chi connectivity index (χ0v) is 27.1. The molecule has 0 saturated carbocycles. The summed E-state index contributed by atoms with van der Waals surface area (Å²) in [6.07, 6.45) is 0.730. The van der Waals surface area contributed by atoms with E-state index in [0.717, 1.165) is 33.0 Å². The highest BCUT2D eigenvalue weighted by Crippen LogP contribution is 2.33. The summed E-state index contributed by atoms with van der Waals surface area (Å²) in [5.74, 6) is -0.208. The van der Waals surface area contributed by atoms with E-state index >= 15 is 0 Å². The number of anilines is 1. The third kappa shape index (κ3) is 8.28. The van der Waals surface area contributed by atoms with Crippen LogP contribution in [-0.2, 0) is 26.2 Å². The average molecular weight is 610 g/mol. The molecular formula is C33H43N3O6S. The SMILES string of the molecule is CC[C@@H](C)NC(=O)[C@@H](C)N(Cc1cccc(C)c1)C(=O)CN(c1cc(C)cc(C)c1)S(=O)(=O)c1ccc(OC)c(OC)c1. The number of rotatable bonds is 13. The molecule has 3 rings (SSSR count). The summed E-state index contributed by atoms with van der Waals surface area (Å²) in [6, 6.07) is 16.4. The fraction of sp³-hybridized carbons (Fsp3) is 0.394. The van der Waals surface area contributed by atoms with Crippen molar-refractivity contribution in [3.05, 3.63) is 82.9 Å². The molecule has 9 nitrogen and oxygen atoms in total. The standard InChI is InChI=1S/C33H43N3O6S/c1-9-25(5)34-33(38)26(6)35(20-27-12-10-11-22(2)16-27)32(37)21-36(28-17-23(3)15-24(4)18-28)43(39,40)29-13-14-30(41-7)31(19-29)42-8/h10-19,25-26H,9,20-21H2,1-8H3,(H,34,38)/t25-,26-/m1/s1. The van der Waals surface area contributed by atoms with Gasteiger partial charge in [0, 0.05) is 18.7 Å². The number of ether oxygens (including phenoxy) is 2. The number of aryl methyl sites for hydroxylation is 3. The van der Waals surface area contributed by atoms with Gasteiger partial charge < -0.3 is 19.7 Å². The van der Waals surface area contributed by atoms with Crippen molar-refractivity contribution in [3.8, 4) is 11.5 Å². The fourth-order valence-electron chi connectivity index (χ4n) is 4.78. The quantitative estimate of drug-likeness (QED) is 0.287. The van der Waals surface area contributed by atoms with Gasteiger partial charge in [-0.05, 0) is 82.0 Å². The van der Waals surface area contributed by atoms with E-state index in [1.807, 2.05) is 65.0 Å². The molecule has 0 aromatic heterocycles. The van der Waals surface area contributed by atoms with Crippen LogP contribution in [0.5, 0.6) is 11.5 Å². The highest BCUT2D eigenvalue weighted by atomic mass is 32.2. The Morgan fingerprint density at radius 1 is 0.860 bits per heavy atom. The second-order valence-corrected chi connectivity index (χ2v) is 12.7. The summed E-state index contributed by atoms with van der Waals surface area (Å²) >= 11 is 0. The number of benzene rings is 3. The lowest BCUT2D eigenvalue weighted by atomic mass is 10.1. The normalized spacial score (nSPS) is 12.7. The molecule has 3 aromatic carbocycles. The van der Waals surface area contributed by atoms with Crippen molar-refractivity contribution in [2.24, 2.45) is 0 Å². The van der Waals surface area contributed by atoms with Gasteiger partial charge in [-0.25, -0.2) is 8.42 Å². The monoisotopic (exact) mass is 609 g/mol. The summed E-state index contributed by atoms with van der Waals surface area (Å²) in [7, 11) is -1.38. The van der Waals surface area contributed by atoms with Crippen LogP contribution in [0.1, 0.15) is 49.4 Å². The molecule has 0 aliphatic rings. The van der Waals surface area contributed by atoms with Crippen molar-refractivity contribution in [1.29, 1.82) is 0 Å². The number of methoxy groups -OCH3 is 2. The lowest BCUT2D eigenvalue weighted by Gasteiger charge is -2.32. The average Bonchev–Trinajstić information content (AvgIpc) is 2.96. The number of nitrogens with zero attached hydrogens (tertiary/aromatic N) is 2. The molecule has 0 heterocycles. The third-order valence-electron chi connectivity index (χ3n) is 7.32. The first-order chi connectivity index (χ1) is 20.3. The molecule has 0 unspecified atom stereocenters. The Hall–Kier alpha value is -4.05. The minimum absolute atomic E-state index is 0.0649. The van der Waals surface area contributed by atoms with E-state index in [4.69, 9.17) is 9.47 Å². The van der Waals surface area contributed by atoms with Gasteiger partial charge in [0.05, 0.1) is 24.8 Å². The minimum atomic E-state index is -4.27. The Morgan fingerprint density at radius 3 is 2.09 bits per heavy atom. The van der Waals surface area contributed by atoms with Crippen LogP contribution >= 0.6 is 0 Å². The van der Waals surface area contributed by atoms with E-state index in [1.54, 1.807) is 19.1 Å². The van der Waals surface area contributed by atoms with E-state index in [2.05, 4.69) is 5.32 Å². The van der Waals surface area contributed by atoms with Gasteiger partial charge in [-0.2, -0.15) is 0 Å². The van der Waals surface area contributed by atoms with Crippen molar-refractivity contribution < 1.29 is 27.5 Å². The first kappa shape index (κ1) is 33.5. The number of hydrogen-bond acceptors (Lipinski definition) is 6. The van der Waals surface area contributed by atoms with Crippen molar-refractivity contribution in [2.45, 2.75) is 71.5 Å². The minimum Gasteiger partial charge on any atom is -0.493 e. The van der Waals surface area contributed by atoms with Crippen LogP contribution in [-0.4, -0.2) is 58.0 Å². The van der Waals surface area contributed by atoms with Crippen LogP contribution in [0.15, 0.2) is 65.6 Å². The highest BCUT2D eigenvalue weighted by Gasteiger charge is 2.33. The number of nitrogens with one attached hydrogen (secondary N) is 1. The Labute approximate surface area is 255 Å². The van der Waals surface area contributed by atoms with Gasteiger partial charge >= 0.3 is 0 Å². The van der Waals surface area contributed by atoms with Crippen LogP contribution < -0.4 is 19.1 Å². The van der Waals surface area contributed by atoms with Gasteiger partial charge in [0.1, 0.15) is 12.6 Å². The molecule has 0 bridgehead atoms. The molecular weight excluding hydrogens is 566 g/mol. The van der Waals surface area contributed by atoms with Crippen LogP contribution in [0.2, 0.25) is 0 Å². The second-order valence-electron chi connectivity index (χ2n) is 10.9. The smallest absolute Gasteiger partial charge is 0.264 e. The summed E-state index contributed by atoms with van der Waals surface area (Å²) in [5, 5.41) is 2.95. The number of carbonyl (C=O) groups excluding carboxylic acids is 2. The van der Waals surface area contributed by atoms with Gasteiger partial charge in [-0.3, -0.25) is 13.9 Å². The maximum Gasteiger partial charge on any atom is 0.264 e. The van der Waals surface area contributed by atoms with Gasteiger partial charge in [0.15, 0.2) is 11.5 Å². The zero-order chi connectivity index (χ0) is 31.9. The van der Waals surface area contributed by atoms with Crippen LogP contribution in [0.4, 0.5) is 5.69 Å². The van der Waals surface area contributed by atoms with Crippen LogP contribution in [0, 0.1) is 20.8 Å². The van der Waals surface area contributed by atoms with E-state index in [0.29, 0.717) is 11.4 Å². The van der Waals surface area contributed by atoms with Gasteiger partial charge in [-0.15, -0.1) is 0 Å². The number of amides is 2. The molecule has 0 saturated heterocycles. The summed E-state index contributed by atoms with van der Waals surface area (Å²) in [5.41, 5.74) is 3.86. The van der Waals surface area contributed by atoms with Crippen molar-refractivity contribution >= 4 is 27.5 Å². The molecule has 232 valence electrons. The number of hydrogen-bond donors (Lipinski definition) is 1. The predicted molar refractivity (Wildman–Crippen MR) is 169 cm³/mol. The summed E-state index contributed by atoms with van der Waals surface area (Å²) in [6.45, 7) is 10.8. The van der Waals surface area contributed by atoms with Gasteiger partial charge in [0.2, 0.25) is 11.8 Å². The van der Waals surface area contributed by atoms with Crippen LogP contribution in [0.3, 0.4) is 0 Å². The van der Waals surface area contributed by atoms with E-state index in [-0.39, 0.29) is 29.1 Å². The number of carbonyl (C=O) groups is 2. The van der Waals surface area contributed by atoms with Crippen LogP contribution in [0.25, 0.3) is 0 Å². The van der Waals surface area contributed by atoms with Crippen molar-refractivity contribution in [1.82, 2.24) is 10.2 Å². The summed E-state index contributed by atoms with van der Waals surface area (Å²) < 4.78 is 40.3. The summed E-state index contributed by atoms with van der Waals surface area (Å²) in [4.78, 5) is 28.8. The largest absolute Gasteiger partial charge is 0.493 e. The molecule has 0 aliphatic heterocycles. The van der Waals surface area contributed by atoms with E-state index in [1.165, 1.54) is 37.3 Å². The second kappa shape index (κ2) is 14.4. The molecule has 0 spiro atoms. The Kier molecular flexibility index (Phi) is 11.2. The molecule has 3 aromatic rings. The maximum atomic E-state index is 14.3. The first-order valence-corrected chi connectivity index (χ1v) is 15.7. The Balaban J connectivity index is 2.11. The lowest BCUT2D eigenvalue weighted by Crippen LogP contribution is -2.52. The molecule has 2 atom stereocenters. The molecule has 43 heavy (non-hydrogen) atoms. The number of sulfonamides is 1. The van der Waals surface area contributed by atoms with E-state index in [9.17, 15) is 18.0 Å². The zero-order valence-electron chi connectivity index (χ0n) is 26.3. The predicted octanol–water partition coefficient (Wildman–Crippen LogP) is 5.16. The molecule has 0 fully saturated rings. The lowest BCUT2D eigenvalue weighted by molar-refractivity contribution is -0.139. The van der Waals surface area contributed by atoms with E-state index < -0.39 is 28.5 Å².